The SMILES string of the molecule is C=CCN(C(=O)c1nn(-c2cccc(C(F)(F)F)c2)c(C)cc1=O)c1nc(-c2ccccc2)cs1. The first kappa shape index (κ1) is 24.1. The maximum absolute atomic E-state index is 13.4. The third-order valence-corrected chi connectivity index (χ3v) is 5.94. The van der Waals surface area contributed by atoms with Crippen molar-refractivity contribution >= 4 is 22.4 Å². The number of hydrogen-bond acceptors (Lipinski definition) is 5. The van der Waals surface area contributed by atoms with Crippen molar-refractivity contribution in [2.24, 2.45) is 0 Å². The Morgan fingerprint density at radius 1 is 1.14 bits per heavy atom. The summed E-state index contributed by atoms with van der Waals surface area (Å²) in [5.41, 5.74) is -0.0840. The minimum absolute atomic E-state index is 0.0547. The summed E-state index contributed by atoms with van der Waals surface area (Å²) in [6, 6.07) is 15.1. The number of thiazole rings is 1. The molecule has 35 heavy (non-hydrogen) atoms. The number of halogens is 3. The largest absolute Gasteiger partial charge is 0.416 e. The molecule has 0 unspecified atom stereocenters. The van der Waals surface area contributed by atoms with Gasteiger partial charge in [-0.05, 0) is 25.1 Å². The third kappa shape index (κ3) is 5.07. The predicted octanol–water partition coefficient (Wildman–Crippen LogP) is 5.52. The third-order valence-electron chi connectivity index (χ3n) is 5.08. The van der Waals surface area contributed by atoms with E-state index in [9.17, 15) is 22.8 Å². The van der Waals surface area contributed by atoms with Crippen molar-refractivity contribution in [3.05, 3.63) is 106 Å². The van der Waals surface area contributed by atoms with Crippen LogP contribution in [0, 0.1) is 6.92 Å². The second-order valence-corrected chi connectivity index (χ2v) is 8.38. The fourth-order valence-electron chi connectivity index (χ4n) is 3.41. The van der Waals surface area contributed by atoms with Crippen LogP contribution in [0.2, 0.25) is 0 Å². The van der Waals surface area contributed by atoms with E-state index in [1.165, 1.54) is 47.4 Å². The molecule has 0 aliphatic carbocycles. The van der Waals surface area contributed by atoms with Crippen LogP contribution in [0.25, 0.3) is 16.9 Å². The first-order valence-electron chi connectivity index (χ1n) is 10.4. The minimum Gasteiger partial charge on any atom is -0.287 e. The van der Waals surface area contributed by atoms with Gasteiger partial charge in [-0.2, -0.15) is 18.3 Å². The molecule has 2 aromatic carbocycles. The quantitative estimate of drug-likeness (QED) is 0.330. The molecule has 0 spiro atoms. The van der Waals surface area contributed by atoms with Crippen molar-refractivity contribution < 1.29 is 18.0 Å². The zero-order valence-corrected chi connectivity index (χ0v) is 19.3. The molecule has 0 bridgehead atoms. The van der Waals surface area contributed by atoms with Crippen LogP contribution in [0.5, 0.6) is 0 Å². The van der Waals surface area contributed by atoms with Gasteiger partial charge >= 0.3 is 6.18 Å². The molecule has 2 aromatic heterocycles. The van der Waals surface area contributed by atoms with Crippen LogP contribution in [0.1, 0.15) is 21.7 Å². The number of alkyl halides is 3. The molecule has 0 radical (unpaired) electrons. The molecule has 6 nitrogen and oxygen atoms in total. The van der Waals surface area contributed by atoms with Gasteiger partial charge in [-0.3, -0.25) is 14.5 Å². The monoisotopic (exact) mass is 496 g/mol. The van der Waals surface area contributed by atoms with Gasteiger partial charge < -0.3 is 0 Å². The molecule has 0 saturated heterocycles. The number of rotatable bonds is 6. The number of aromatic nitrogens is 3. The zero-order valence-electron chi connectivity index (χ0n) is 18.5. The molecule has 4 rings (SSSR count). The lowest BCUT2D eigenvalue weighted by Gasteiger charge is -2.18. The molecule has 2 heterocycles. The van der Waals surface area contributed by atoms with Gasteiger partial charge in [-0.15, -0.1) is 17.9 Å². The summed E-state index contributed by atoms with van der Waals surface area (Å²) in [6.07, 6.45) is -3.06. The highest BCUT2D eigenvalue weighted by Crippen LogP contribution is 2.31. The van der Waals surface area contributed by atoms with Gasteiger partial charge in [0.15, 0.2) is 10.8 Å². The van der Waals surface area contributed by atoms with Crippen LogP contribution >= 0.6 is 11.3 Å². The lowest BCUT2D eigenvalue weighted by atomic mass is 10.2. The van der Waals surface area contributed by atoms with Gasteiger partial charge in [0, 0.05) is 29.2 Å². The molecule has 0 atom stereocenters. The molecular formula is C25H19F3N4O2S. The number of carbonyl (C=O) groups is 1. The average molecular weight is 497 g/mol. The van der Waals surface area contributed by atoms with E-state index < -0.39 is 28.8 Å². The number of hydrogen-bond donors (Lipinski definition) is 0. The maximum atomic E-state index is 13.4. The van der Waals surface area contributed by atoms with Crippen LogP contribution < -0.4 is 10.3 Å². The van der Waals surface area contributed by atoms with E-state index in [2.05, 4.69) is 16.7 Å². The van der Waals surface area contributed by atoms with E-state index >= 15 is 0 Å². The van der Waals surface area contributed by atoms with Crippen molar-refractivity contribution in [2.45, 2.75) is 13.1 Å². The number of benzene rings is 2. The highest BCUT2D eigenvalue weighted by Gasteiger charge is 2.31. The number of aryl methyl sites for hydroxylation is 1. The Hall–Kier alpha value is -4.05. The van der Waals surface area contributed by atoms with Crippen LogP contribution in [0.3, 0.4) is 0 Å². The average Bonchev–Trinajstić information content (AvgIpc) is 3.32. The Bertz CT molecular complexity index is 1450. The molecule has 4 aromatic rings. The van der Waals surface area contributed by atoms with Crippen molar-refractivity contribution in [1.82, 2.24) is 14.8 Å². The molecule has 0 aliphatic rings. The molecule has 0 saturated carbocycles. The van der Waals surface area contributed by atoms with Gasteiger partial charge in [0.1, 0.15) is 0 Å². The Kier molecular flexibility index (Phi) is 6.65. The Morgan fingerprint density at radius 2 is 1.89 bits per heavy atom. The summed E-state index contributed by atoms with van der Waals surface area (Å²) in [4.78, 5) is 31.9. The van der Waals surface area contributed by atoms with Crippen LogP contribution in [0.15, 0.2) is 83.5 Å². The highest BCUT2D eigenvalue weighted by molar-refractivity contribution is 7.14. The lowest BCUT2D eigenvalue weighted by Crippen LogP contribution is -2.36. The van der Waals surface area contributed by atoms with Gasteiger partial charge in [0.25, 0.3) is 5.91 Å². The molecular weight excluding hydrogens is 477 g/mol. The first-order chi connectivity index (χ1) is 16.7. The van der Waals surface area contributed by atoms with Gasteiger partial charge in [0.2, 0.25) is 5.43 Å². The van der Waals surface area contributed by atoms with Crippen LogP contribution in [-0.4, -0.2) is 27.2 Å². The van der Waals surface area contributed by atoms with E-state index in [-0.39, 0.29) is 17.9 Å². The van der Waals surface area contributed by atoms with Crippen molar-refractivity contribution in [2.75, 3.05) is 11.4 Å². The number of carbonyl (C=O) groups excluding carboxylic acids is 1. The fourth-order valence-corrected chi connectivity index (χ4v) is 4.25. The summed E-state index contributed by atoms with van der Waals surface area (Å²) in [5, 5.41) is 6.27. The molecule has 10 heteroatoms. The van der Waals surface area contributed by atoms with Crippen LogP contribution in [-0.2, 0) is 6.18 Å². The van der Waals surface area contributed by atoms with E-state index in [1.807, 2.05) is 30.3 Å². The molecule has 0 fully saturated rings. The van der Waals surface area contributed by atoms with E-state index in [0.717, 1.165) is 22.4 Å². The molecule has 0 aliphatic heterocycles. The minimum atomic E-state index is -4.55. The summed E-state index contributed by atoms with van der Waals surface area (Å²) in [6.45, 7) is 5.25. The van der Waals surface area contributed by atoms with E-state index in [0.29, 0.717) is 10.8 Å². The normalized spacial score (nSPS) is 11.3. The molecule has 0 N–H and O–H groups in total. The second-order valence-electron chi connectivity index (χ2n) is 7.54. The van der Waals surface area contributed by atoms with E-state index in [4.69, 9.17) is 0 Å². The van der Waals surface area contributed by atoms with Gasteiger partial charge in [0.05, 0.1) is 16.9 Å². The van der Waals surface area contributed by atoms with Crippen molar-refractivity contribution in [1.29, 1.82) is 0 Å². The van der Waals surface area contributed by atoms with Crippen molar-refractivity contribution in [3.63, 3.8) is 0 Å². The fraction of sp³-hybridized carbons (Fsp3) is 0.120. The Balaban J connectivity index is 1.75. The summed E-state index contributed by atoms with van der Waals surface area (Å²) in [7, 11) is 0. The molecule has 1 amide bonds. The van der Waals surface area contributed by atoms with Gasteiger partial charge in [-0.1, -0.05) is 42.5 Å². The summed E-state index contributed by atoms with van der Waals surface area (Å²) >= 11 is 1.21. The first-order valence-corrected chi connectivity index (χ1v) is 11.3. The lowest BCUT2D eigenvalue weighted by molar-refractivity contribution is -0.137. The standard InChI is InChI=1S/C25H19F3N4O2S/c1-3-12-31(24-29-20(15-35-24)17-8-5-4-6-9-17)23(34)22-21(33)13-16(2)32(30-22)19-11-7-10-18(14-19)25(26,27)28/h3-11,13-15H,1,12H2,2H3. The number of amides is 1. The number of anilines is 1. The smallest absolute Gasteiger partial charge is 0.287 e. The predicted molar refractivity (Wildman–Crippen MR) is 129 cm³/mol. The molecule has 178 valence electrons. The van der Waals surface area contributed by atoms with Crippen LogP contribution in [0.4, 0.5) is 18.3 Å². The van der Waals surface area contributed by atoms with Crippen molar-refractivity contribution in [3.8, 4) is 16.9 Å². The van der Waals surface area contributed by atoms with E-state index in [1.54, 1.807) is 5.38 Å². The summed E-state index contributed by atoms with van der Waals surface area (Å²) in [5.74, 6) is -0.732. The number of nitrogens with zero attached hydrogens (tertiary/aromatic N) is 4. The van der Waals surface area contributed by atoms with Gasteiger partial charge in [-0.25, -0.2) is 9.67 Å². The Labute approximate surface area is 202 Å². The highest BCUT2D eigenvalue weighted by atomic mass is 32.1. The maximum Gasteiger partial charge on any atom is 0.416 e. The second kappa shape index (κ2) is 9.67. The topological polar surface area (TPSA) is 68.1 Å². The Morgan fingerprint density at radius 3 is 2.57 bits per heavy atom. The summed E-state index contributed by atoms with van der Waals surface area (Å²) < 4.78 is 40.8. The zero-order chi connectivity index (χ0) is 25.2.